The average Bonchev–Trinajstić information content (AvgIpc) is 3.11. The van der Waals surface area contributed by atoms with E-state index in [9.17, 15) is 27.2 Å². The number of anilines is 1. The predicted octanol–water partition coefficient (Wildman–Crippen LogP) is 4.85. The molecule has 33 heavy (non-hydrogen) atoms. The molecule has 2 aromatic heterocycles. The Kier molecular flexibility index (Phi) is 5.54. The molecule has 0 aliphatic carbocycles. The van der Waals surface area contributed by atoms with Crippen LogP contribution in [-0.4, -0.2) is 26.7 Å². The third-order valence-corrected chi connectivity index (χ3v) is 4.73. The summed E-state index contributed by atoms with van der Waals surface area (Å²) in [6.07, 6.45) is -3.68. The molecule has 0 fully saturated rings. The van der Waals surface area contributed by atoms with Gasteiger partial charge in [0.15, 0.2) is 5.65 Å². The first-order valence-electron chi connectivity index (χ1n) is 9.53. The van der Waals surface area contributed by atoms with Crippen molar-refractivity contribution in [1.82, 2.24) is 20.1 Å². The standard InChI is InChI=1S/C22H15F4N5O2/c1-12-16-9-13(11-27-19(16)31(30-12)15-5-3-2-4-6-15)20(32)29-21(33)28-14-7-8-18(23)17(10-14)22(24,25)26/h2-11H,1H3,(H2,28,29,32,33). The van der Waals surface area contributed by atoms with Gasteiger partial charge < -0.3 is 5.32 Å². The van der Waals surface area contributed by atoms with Crippen molar-refractivity contribution >= 4 is 28.7 Å². The van der Waals surface area contributed by atoms with Gasteiger partial charge in [-0.15, -0.1) is 0 Å². The van der Waals surface area contributed by atoms with Crippen LogP contribution in [0, 0.1) is 12.7 Å². The number of para-hydroxylation sites is 1. The minimum Gasteiger partial charge on any atom is -0.308 e. The van der Waals surface area contributed by atoms with Crippen molar-refractivity contribution in [2.24, 2.45) is 0 Å². The highest BCUT2D eigenvalue weighted by molar-refractivity contribution is 6.08. The number of urea groups is 1. The highest BCUT2D eigenvalue weighted by Gasteiger charge is 2.34. The molecule has 3 amide bonds. The van der Waals surface area contributed by atoms with Gasteiger partial charge in [0.25, 0.3) is 5.91 Å². The van der Waals surface area contributed by atoms with E-state index in [4.69, 9.17) is 0 Å². The fourth-order valence-electron chi connectivity index (χ4n) is 3.18. The van der Waals surface area contributed by atoms with Gasteiger partial charge in [-0.25, -0.2) is 18.9 Å². The third-order valence-electron chi connectivity index (χ3n) is 4.73. The van der Waals surface area contributed by atoms with Crippen LogP contribution in [-0.2, 0) is 6.18 Å². The zero-order valence-corrected chi connectivity index (χ0v) is 16.9. The predicted molar refractivity (Wildman–Crippen MR) is 111 cm³/mol. The third kappa shape index (κ3) is 4.52. The van der Waals surface area contributed by atoms with Crippen molar-refractivity contribution < 1.29 is 27.2 Å². The lowest BCUT2D eigenvalue weighted by Gasteiger charge is -2.11. The maximum Gasteiger partial charge on any atom is 0.419 e. The van der Waals surface area contributed by atoms with Crippen LogP contribution in [0.15, 0.2) is 60.8 Å². The van der Waals surface area contributed by atoms with Gasteiger partial charge in [0.05, 0.1) is 22.5 Å². The zero-order valence-electron chi connectivity index (χ0n) is 16.9. The van der Waals surface area contributed by atoms with E-state index in [2.05, 4.69) is 15.4 Å². The number of hydrogen-bond acceptors (Lipinski definition) is 4. The number of aryl methyl sites for hydroxylation is 1. The average molecular weight is 457 g/mol. The normalized spacial score (nSPS) is 11.4. The van der Waals surface area contributed by atoms with Crippen molar-refractivity contribution in [3.8, 4) is 5.69 Å². The summed E-state index contributed by atoms with van der Waals surface area (Å²) < 4.78 is 53.5. The van der Waals surface area contributed by atoms with Crippen LogP contribution in [0.25, 0.3) is 16.7 Å². The van der Waals surface area contributed by atoms with E-state index in [1.54, 1.807) is 11.6 Å². The summed E-state index contributed by atoms with van der Waals surface area (Å²) in [5, 5.41) is 9.11. The lowest BCUT2D eigenvalue weighted by Crippen LogP contribution is -2.34. The molecule has 11 heteroatoms. The van der Waals surface area contributed by atoms with E-state index >= 15 is 0 Å². The summed E-state index contributed by atoms with van der Waals surface area (Å²) in [6, 6.07) is 11.6. The first-order valence-corrected chi connectivity index (χ1v) is 9.53. The maximum atomic E-state index is 13.4. The molecule has 0 atom stereocenters. The van der Waals surface area contributed by atoms with Crippen LogP contribution in [0.4, 0.5) is 28.0 Å². The Morgan fingerprint density at radius 2 is 1.76 bits per heavy atom. The number of hydrogen-bond donors (Lipinski definition) is 2. The summed E-state index contributed by atoms with van der Waals surface area (Å²) in [4.78, 5) is 28.9. The van der Waals surface area contributed by atoms with Gasteiger partial charge in [-0.05, 0) is 43.3 Å². The molecule has 0 unspecified atom stereocenters. The van der Waals surface area contributed by atoms with Gasteiger partial charge in [-0.2, -0.15) is 18.3 Å². The second-order valence-corrected chi connectivity index (χ2v) is 7.03. The fraction of sp³-hybridized carbons (Fsp3) is 0.0909. The quantitative estimate of drug-likeness (QED) is 0.431. The van der Waals surface area contributed by atoms with Crippen molar-refractivity contribution in [2.45, 2.75) is 13.1 Å². The fourth-order valence-corrected chi connectivity index (χ4v) is 3.18. The van der Waals surface area contributed by atoms with Gasteiger partial charge in [0.2, 0.25) is 0 Å². The number of nitrogens with zero attached hydrogens (tertiary/aromatic N) is 3. The molecule has 168 valence electrons. The lowest BCUT2D eigenvalue weighted by molar-refractivity contribution is -0.139. The number of halogens is 4. The van der Waals surface area contributed by atoms with Crippen LogP contribution in [0.1, 0.15) is 21.6 Å². The number of carbonyl (C=O) groups excluding carboxylic acids is 2. The second-order valence-electron chi connectivity index (χ2n) is 7.03. The Morgan fingerprint density at radius 1 is 1.03 bits per heavy atom. The number of rotatable bonds is 3. The summed E-state index contributed by atoms with van der Waals surface area (Å²) >= 11 is 0. The molecule has 0 radical (unpaired) electrons. The van der Waals surface area contributed by atoms with Gasteiger partial charge in [0.1, 0.15) is 5.82 Å². The molecule has 4 aromatic rings. The van der Waals surface area contributed by atoms with Crippen LogP contribution >= 0.6 is 0 Å². The molecule has 0 saturated carbocycles. The van der Waals surface area contributed by atoms with Crippen LogP contribution < -0.4 is 10.6 Å². The number of nitrogens with one attached hydrogen (secondary N) is 2. The maximum absolute atomic E-state index is 13.4. The Hall–Kier alpha value is -4.28. The Morgan fingerprint density at radius 3 is 2.45 bits per heavy atom. The molecule has 2 heterocycles. The van der Waals surface area contributed by atoms with Crippen LogP contribution in [0.3, 0.4) is 0 Å². The van der Waals surface area contributed by atoms with E-state index in [-0.39, 0.29) is 11.3 Å². The SMILES string of the molecule is Cc1nn(-c2ccccc2)c2ncc(C(=O)NC(=O)Nc3ccc(F)c(C(F)(F)F)c3)cc12. The molecular weight excluding hydrogens is 442 g/mol. The molecule has 0 aliphatic rings. The van der Waals surface area contributed by atoms with Crippen molar-refractivity contribution in [2.75, 3.05) is 5.32 Å². The second kappa shape index (κ2) is 8.34. The highest BCUT2D eigenvalue weighted by Crippen LogP contribution is 2.33. The summed E-state index contributed by atoms with van der Waals surface area (Å²) in [5.74, 6) is -2.30. The summed E-state index contributed by atoms with van der Waals surface area (Å²) in [6.45, 7) is 1.74. The molecule has 2 N–H and O–H groups in total. The van der Waals surface area contributed by atoms with E-state index < -0.39 is 29.5 Å². The molecule has 7 nitrogen and oxygen atoms in total. The number of aromatic nitrogens is 3. The number of carbonyl (C=O) groups is 2. The topological polar surface area (TPSA) is 88.9 Å². The first kappa shape index (κ1) is 21.9. The number of fused-ring (bicyclic) bond motifs is 1. The molecule has 0 bridgehead atoms. The van der Waals surface area contributed by atoms with E-state index in [1.165, 1.54) is 12.3 Å². The number of imide groups is 1. The molecule has 0 saturated heterocycles. The minimum absolute atomic E-state index is 0.0449. The Balaban J connectivity index is 1.52. The smallest absolute Gasteiger partial charge is 0.308 e. The molecule has 4 rings (SSSR count). The summed E-state index contributed by atoms with van der Waals surface area (Å²) in [5.41, 5.74) is 0.0626. The zero-order chi connectivity index (χ0) is 23.8. The Bertz CT molecular complexity index is 1370. The highest BCUT2D eigenvalue weighted by atomic mass is 19.4. The monoisotopic (exact) mass is 457 g/mol. The number of alkyl halides is 3. The van der Waals surface area contributed by atoms with Crippen molar-refractivity contribution in [1.29, 1.82) is 0 Å². The van der Waals surface area contributed by atoms with Crippen LogP contribution in [0.5, 0.6) is 0 Å². The van der Waals surface area contributed by atoms with Gasteiger partial charge >= 0.3 is 12.2 Å². The van der Waals surface area contributed by atoms with Crippen LogP contribution in [0.2, 0.25) is 0 Å². The molecule has 2 aromatic carbocycles. The first-order chi connectivity index (χ1) is 15.6. The molecule has 0 spiro atoms. The van der Waals surface area contributed by atoms with Crippen molar-refractivity contribution in [3.05, 3.63) is 83.4 Å². The lowest BCUT2D eigenvalue weighted by atomic mass is 10.2. The van der Waals surface area contributed by atoms with Gasteiger partial charge in [-0.3, -0.25) is 10.1 Å². The Labute approximate surface area is 184 Å². The molecule has 0 aliphatic heterocycles. The van der Waals surface area contributed by atoms with Gasteiger partial charge in [0, 0.05) is 17.3 Å². The van der Waals surface area contributed by atoms with Gasteiger partial charge in [-0.1, -0.05) is 18.2 Å². The van der Waals surface area contributed by atoms with E-state index in [0.717, 1.165) is 11.8 Å². The number of amides is 3. The minimum atomic E-state index is -4.93. The molecular formula is C22H15F4N5O2. The summed E-state index contributed by atoms with van der Waals surface area (Å²) in [7, 11) is 0. The van der Waals surface area contributed by atoms with E-state index in [1.807, 2.05) is 35.6 Å². The number of pyridine rings is 1. The number of benzene rings is 2. The van der Waals surface area contributed by atoms with E-state index in [0.29, 0.717) is 28.9 Å². The largest absolute Gasteiger partial charge is 0.419 e. The van der Waals surface area contributed by atoms with Crippen molar-refractivity contribution in [3.63, 3.8) is 0 Å².